The van der Waals surface area contributed by atoms with Gasteiger partial charge in [-0.05, 0) is 58.7 Å². The molecule has 2 fully saturated rings. The zero-order chi connectivity index (χ0) is 18.8. The number of para-hydroxylation sites is 1. The SMILES string of the molecule is O=C1/C(=C/c2cc(Br)c(I)o2)SC(=Nc2ccccc2)N1C[C@@H]1CCCO1. The first kappa shape index (κ1) is 19.2. The van der Waals surface area contributed by atoms with E-state index in [1.807, 2.05) is 36.4 Å². The monoisotopic (exact) mass is 558 g/mol. The van der Waals surface area contributed by atoms with Gasteiger partial charge < -0.3 is 9.15 Å². The van der Waals surface area contributed by atoms with Crippen LogP contribution in [0.1, 0.15) is 18.6 Å². The van der Waals surface area contributed by atoms with E-state index in [0.717, 1.165) is 33.4 Å². The summed E-state index contributed by atoms with van der Waals surface area (Å²) in [7, 11) is 0. The number of nitrogens with zero attached hydrogens (tertiary/aromatic N) is 2. The Morgan fingerprint density at radius 2 is 2.19 bits per heavy atom. The summed E-state index contributed by atoms with van der Waals surface area (Å²) in [5.41, 5.74) is 0.821. The molecular formula is C19H16BrIN2O3S. The quantitative estimate of drug-likeness (QED) is 0.371. The van der Waals surface area contributed by atoms with E-state index in [-0.39, 0.29) is 12.0 Å². The van der Waals surface area contributed by atoms with Crippen molar-refractivity contribution in [3.8, 4) is 0 Å². The van der Waals surface area contributed by atoms with Gasteiger partial charge in [0, 0.05) is 35.3 Å². The maximum absolute atomic E-state index is 13.0. The molecule has 0 unspecified atom stereocenters. The molecule has 8 heteroatoms. The Bertz CT molecular complexity index is 887. The number of thioether (sulfide) groups is 1. The van der Waals surface area contributed by atoms with Crippen molar-refractivity contribution in [3.05, 3.63) is 55.3 Å². The average Bonchev–Trinajstić information content (AvgIpc) is 3.35. The van der Waals surface area contributed by atoms with Gasteiger partial charge in [-0.1, -0.05) is 18.2 Å². The molecule has 1 atom stereocenters. The number of halogens is 2. The number of hydrogen-bond donors (Lipinski definition) is 0. The minimum Gasteiger partial charge on any atom is -0.450 e. The fraction of sp³-hybridized carbons (Fsp3) is 0.263. The topological polar surface area (TPSA) is 55.0 Å². The number of ether oxygens (including phenoxy) is 1. The van der Waals surface area contributed by atoms with Gasteiger partial charge in [0.2, 0.25) is 0 Å². The number of amidine groups is 1. The van der Waals surface area contributed by atoms with Crippen LogP contribution in [0, 0.1) is 3.77 Å². The maximum atomic E-state index is 13.0. The minimum absolute atomic E-state index is 0.0623. The van der Waals surface area contributed by atoms with Crippen LogP contribution in [0.3, 0.4) is 0 Å². The number of carbonyl (C=O) groups excluding carboxylic acids is 1. The van der Waals surface area contributed by atoms with Gasteiger partial charge >= 0.3 is 0 Å². The minimum atomic E-state index is -0.0623. The molecule has 27 heavy (non-hydrogen) atoms. The summed E-state index contributed by atoms with van der Waals surface area (Å²) < 4.78 is 13.0. The Kier molecular flexibility index (Phi) is 6.05. The lowest BCUT2D eigenvalue weighted by atomic mass is 10.2. The molecule has 140 valence electrons. The molecule has 0 spiro atoms. The van der Waals surface area contributed by atoms with Crippen molar-refractivity contribution < 1.29 is 13.9 Å². The molecule has 3 heterocycles. The second-order valence-electron chi connectivity index (χ2n) is 6.16. The van der Waals surface area contributed by atoms with Crippen LogP contribution in [0.2, 0.25) is 0 Å². The third-order valence-electron chi connectivity index (χ3n) is 4.22. The lowest BCUT2D eigenvalue weighted by Gasteiger charge is -2.19. The molecule has 2 aliphatic rings. The third-order valence-corrected chi connectivity index (χ3v) is 7.35. The zero-order valence-corrected chi connectivity index (χ0v) is 18.8. The molecule has 0 N–H and O–H groups in total. The van der Waals surface area contributed by atoms with E-state index < -0.39 is 0 Å². The van der Waals surface area contributed by atoms with Crippen LogP contribution in [0.25, 0.3) is 6.08 Å². The summed E-state index contributed by atoms with van der Waals surface area (Å²) in [6.45, 7) is 1.28. The summed E-state index contributed by atoms with van der Waals surface area (Å²) >= 11 is 6.91. The average molecular weight is 559 g/mol. The lowest BCUT2D eigenvalue weighted by molar-refractivity contribution is -0.123. The van der Waals surface area contributed by atoms with E-state index in [9.17, 15) is 4.79 Å². The molecule has 1 amide bonds. The van der Waals surface area contributed by atoms with Crippen molar-refractivity contribution in [2.75, 3.05) is 13.2 Å². The van der Waals surface area contributed by atoms with Crippen molar-refractivity contribution in [2.45, 2.75) is 18.9 Å². The Morgan fingerprint density at radius 3 is 2.85 bits per heavy atom. The maximum Gasteiger partial charge on any atom is 0.266 e. The Morgan fingerprint density at radius 1 is 1.37 bits per heavy atom. The number of furan rings is 1. The fourth-order valence-corrected chi connectivity index (χ4v) is 4.63. The molecule has 1 aromatic heterocycles. The molecule has 4 rings (SSSR count). The van der Waals surface area contributed by atoms with Gasteiger partial charge in [0.15, 0.2) is 8.93 Å². The van der Waals surface area contributed by atoms with E-state index in [1.54, 1.807) is 11.0 Å². The zero-order valence-electron chi connectivity index (χ0n) is 14.2. The highest BCUT2D eigenvalue weighted by Crippen LogP contribution is 2.36. The number of benzene rings is 1. The van der Waals surface area contributed by atoms with Gasteiger partial charge in [0.25, 0.3) is 5.91 Å². The van der Waals surface area contributed by atoms with Gasteiger partial charge in [-0.3, -0.25) is 9.69 Å². The molecule has 2 saturated heterocycles. The summed E-state index contributed by atoms with van der Waals surface area (Å²) in [6.07, 6.45) is 3.84. The van der Waals surface area contributed by atoms with Crippen LogP contribution in [0.5, 0.6) is 0 Å². The molecule has 0 saturated carbocycles. The van der Waals surface area contributed by atoms with Gasteiger partial charge in [-0.2, -0.15) is 0 Å². The highest BCUT2D eigenvalue weighted by molar-refractivity contribution is 14.1. The number of hydrogen-bond acceptors (Lipinski definition) is 5. The van der Waals surface area contributed by atoms with Gasteiger partial charge in [0.05, 0.1) is 27.7 Å². The van der Waals surface area contributed by atoms with Crippen molar-refractivity contribution in [3.63, 3.8) is 0 Å². The second kappa shape index (κ2) is 8.50. The van der Waals surface area contributed by atoms with Crippen LogP contribution in [-0.4, -0.2) is 35.2 Å². The van der Waals surface area contributed by atoms with E-state index >= 15 is 0 Å². The smallest absolute Gasteiger partial charge is 0.266 e. The summed E-state index contributed by atoms with van der Waals surface area (Å²) in [6, 6.07) is 11.5. The van der Waals surface area contributed by atoms with Crippen LogP contribution < -0.4 is 0 Å². The lowest BCUT2D eigenvalue weighted by Crippen LogP contribution is -2.36. The molecule has 2 aromatic rings. The van der Waals surface area contributed by atoms with Crippen LogP contribution in [0.4, 0.5) is 5.69 Å². The van der Waals surface area contributed by atoms with Crippen LogP contribution in [-0.2, 0) is 9.53 Å². The number of aliphatic imine (C=N–C) groups is 1. The molecule has 1 aromatic carbocycles. The Hall–Kier alpha value is -1.10. The van der Waals surface area contributed by atoms with Crippen molar-refractivity contribution in [1.82, 2.24) is 4.90 Å². The summed E-state index contributed by atoms with van der Waals surface area (Å²) in [5.74, 6) is 0.577. The first-order valence-electron chi connectivity index (χ1n) is 8.52. The standard InChI is InChI=1S/C19H16BrIN2O3S/c20-15-9-14(26-17(15)21)10-16-18(24)23(11-13-7-4-8-25-13)19(27-16)22-12-5-2-1-3-6-12/h1-3,5-6,9-10,13H,4,7-8,11H2/b16-10-,22-19?/t13-/m0/s1. The second-order valence-corrected chi connectivity index (χ2v) is 9.00. The van der Waals surface area contributed by atoms with Crippen molar-refractivity contribution in [2.24, 2.45) is 4.99 Å². The van der Waals surface area contributed by atoms with E-state index in [0.29, 0.717) is 22.4 Å². The molecule has 5 nitrogen and oxygen atoms in total. The normalized spacial score (nSPS) is 23.1. The molecule has 0 radical (unpaired) electrons. The Balaban J connectivity index is 1.65. The number of amides is 1. The van der Waals surface area contributed by atoms with E-state index in [2.05, 4.69) is 38.5 Å². The van der Waals surface area contributed by atoms with Crippen LogP contribution >= 0.6 is 50.3 Å². The fourth-order valence-electron chi connectivity index (χ4n) is 2.92. The van der Waals surface area contributed by atoms with E-state index in [4.69, 9.17) is 14.1 Å². The summed E-state index contributed by atoms with van der Waals surface area (Å²) in [5, 5.41) is 0.674. The largest absolute Gasteiger partial charge is 0.450 e. The van der Waals surface area contributed by atoms with Crippen LogP contribution in [0.15, 0.2) is 55.2 Å². The molecule has 2 aliphatic heterocycles. The highest BCUT2D eigenvalue weighted by atomic mass is 127. The van der Waals surface area contributed by atoms with Gasteiger partial charge in [-0.15, -0.1) is 0 Å². The first-order valence-corrected chi connectivity index (χ1v) is 11.2. The molecular weight excluding hydrogens is 543 g/mol. The Labute approximate surface area is 183 Å². The highest BCUT2D eigenvalue weighted by Gasteiger charge is 2.36. The van der Waals surface area contributed by atoms with Crippen molar-refractivity contribution in [1.29, 1.82) is 0 Å². The predicted molar refractivity (Wildman–Crippen MR) is 119 cm³/mol. The predicted octanol–water partition coefficient (Wildman–Crippen LogP) is 5.43. The number of rotatable bonds is 4. The third kappa shape index (κ3) is 4.49. The summed E-state index contributed by atoms with van der Waals surface area (Å²) in [4.78, 5) is 20.1. The van der Waals surface area contributed by atoms with Gasteiger partial charge in [0.1, 0.15) is 5.76 Å². The van der Waals surface area contributed by atoms with Gasteiger partial charge in [-0.25, -0.2) is 4.99 Å². The molecule has 0 bridgehead atoms. The molecule has 0 aliphatic carbocycles. The first-order chi connectivity index (χ1) is 13.1. The number of carbonyl (C=O) groups is 1. The van der Waals surface area contributed by atoms with Crippen molar-refractivity contribution >= 4 is 73.1 Å². The van der Waals surface area contributed by atoms with E-state index in [1.165, 1.54) is 11.8 Å².